The molecule has 1 aliphatic heterocycles. The van der Waals surface area contributed by atoms with Crippen LogP contribution in [0.1, 0.15) is 30.4 Å². The van der Waals surface area contributed by atoms with Crippen molar-refractivity contribution >= 4 is 5.69 Å². The van der Waals surface area contributed by atoms with Gasteiger partial charge >= 0.3 is 0 Å². The van der Waals surface area contributed by atoms with Gasteiger partial charge in [-0.15, -0.1) is 0 Å². The van der Waals surface area contributed by atoms with Crippen molar-refractivity contribution in [3.05, 3.63) is 29.3 Å². The van der Waals surface area contributed by atoms with Crippen LogP contribution in [0.2, 0.25) is 0 Å². The maximum absolute atomic E-state index is 3.41. The number of benzene rings is 1. The molecule has 0 aromatic heterocycles. The summed E-state index contributed by atoms with van der Waals surface area (Å²) < 4.78 is 0. The standard InChI is InChI=1S/C15H22N2/c1-16-14-6-3-9-17(11-14)15-8-7-12-4-2-5-13(12)10-15/h7-8,10,14,16H,2-6,9,11H2,1H3. The topological polar surface area (TPSA) is 15.3 Å². The molecule has 2 aliphatic rings. The highest BCUT2D eigenvalue weighted by molar-refractivity contribution is 5.52. The minimum atomic E-state index is 0.664. The summed E-state index contributed by atoms with van der Waals surface area (Å²) in [5, 5.41) is 3.41. The molecule has 0 radical (unpaired) electrons. The van der Waals surface area contributed by atoms with E-state index in [-0.39, 0.29) is 0 Å². The summed E-state index contributed by atoms with van der Waals surface area (Å²) in [5.74, 6) is 0. The number of nitrogens with one attached hydrogen (secondary N) is 1. The zero-order valence-electron chi connectivity index (χ0n) is 10.7. The summed E-state index contributed by atoms with van der Waals surface area (Å²) in [4.78, 5) is 2.54. The van der Waals surface area contributed by atoms with Gasteiger partial charge in [-0.3, -0.25) is 0 Å². The molecule has 1 fully saturated rings. The molecular formula is C15H22N2. The van der Waals surface area contributed by atoms with Crippen LogP contribution < -0.4 is 10.2 Å². The molecule has 1 aromatic carbocycles. The van der Waals surface area contributed by atoms with Crippen LogP contribution in [0, 0.1) is 0 Å². The van der Waals surface area contributed by atoms with Crippen LogP contribution in [-0.2, 0) is 12.8 Å². The molecule has 1 N–H and O–H groups in total. The smallest absolute Gasteiger partial charge is 0.0369 e. The molecule has 92 valence electrons. The molecule has 2 heteroatoms. The highest BCUT2D eigenvalue weighted by atomic mass is 15.2. The van der Waals surface area contributed by atoms with E-state index in [2.05, 4.69) is 35.5 Å². The van der Waals surface area contributed by atoms with E-state index in [0.717, 1.165) is 6.54 Å². The maximum Gasteiger partial charge on any atom is 0.0369 e. The third-order valence-corrected chi connectivity index (χ3v) is 4.28. The molecule has 1 aliphatic carbocycles. The molecule has 1 aromatic rings. The monoisotopic (exact) mass is 230 g/mol. The molecule has 17 heavy (non-hydrogen) atoms. The lowest BCUT2D eigenvalue weighted by Crippen LogP contribution is -2.44. The van der Waals surface area contributed by atoms with Gasteiger partial charge in [0.25, 0.3) is 0 Å². The average molecular weight is 230 g/mol. The number of anilines is 1. The molecule has 2 nitrogen and oxygen atoms in total. The van der Waals surface area contributed by atoms with Crippen LogP contribution in [0.4, 0.5) is 5.69 Å². The highest BCUT2D eigenvalue weighted by Crippen LogP contribution is 2.28. The first-order valence-electron chi connectivity index (χ1n) is 6.91. The Balaban J connectivity index is 1.79. The van der Waals surface area contributed by atoms with Crippen LogP contribution in [0.3, 0.4) is 0 Å². The summed E-state index contributed by atoms with van der Waals surface area (Å²) in [6.45, 7) is 2.38. The second-order valence-electron chi connectivity index (χ2n) is 5.38. The molecule has 1 saturated heterocycles. The van der Waals surface area contributed by atoms with Crippen LogP contribution in [-0.4, -0.2) is 26.2 Å². The fraction of sp³-hybridized carbons (Fsp3) is 0.600. The largest absolute Gasteiger partial charge is 0.370 e. The van der Waals surface area contributed by atoms with Gasteiger partial charge in [-0.05, 0) is 62.4 Å². The van der Waals surface area contributed by atoms with Crippen molar-refractivity contribution in [2.45, 2.75) is 38.1 Å². The zero-order valence-corrected chi connectivity index (χ0v) is 10.7. The van der Waals surface area contributed by atoms with Crippen molar-refractivity contribution < 1.29 is 0 Å². The van der Waals surface area contributed by atoms with Gasteiger partial charge in [0.15, 0.2) is 0 Å². The van der Waals surface area contributed by atoms with Crippen molar-refractivity contribution in [3.8, 4) is 0 Å². The van der Waals surface area contributed by atoms with E-state index in [1.54, 1.807) is 11.1 Å². The summed E-state index contributed by atoms with van der Waals surface area (Å²) >= 11 is 0. The Morgan fingerprint density at radius 3 is 2.94 bits per heavy atom. The lowest BCUT2D eigenvalue weighted by molar-refractivity contribution is 0.449. The number of likely N-dealkylation sites (N-methyl/N-ethyl adjacent to an activating group) is 1. The lowest BCUT2D eigenvalue weighted by Gasteiger charge is -2.34. The van der Waals surface area contributed by atoms with Gasteiger partial charge in [0, 0.05) is 24.8 Å². The quantitative estimate of drug-likeness (QED) is 0.839. The van der Waals surface area contributed by atoms with E-state index >= 15 is 0 Å². The Kier molecular flexibility index (Phi) is 3.06. The molecular weight excluding hydrogens is 208 g/mol. The van der Waals surface area contributed by atoms with Crippen molar-refractivity contribution in [1.82, 2.24) is 5.32 Å². The van der Waals surface area contributed by atoms with Crippen molar-refractivity contribution in [1.29, 1.82) is 0 Å². The Bertz CT molecular complexity index is 400. The molecule has 0 spiro atoms. The predicted octanol–water partition coefficient (Wildman–Crippen LogP) is 2.36. The molecule has 1 unspecified atom stereocenters. The molecule has 0 amide bonds. The molecule has 1 atom stereocenters. The van der Waals surface area contributed by atoms with Crippen molar-refractivity contribution in [2.24, 2.45) is 0 Å². The van der Waals surface area contributed by atoms with Crippen LogP contribution in [0.25, 0.3) is 0 Å². The second-order valence-corrected chi connectivity index (χ2v) is 5.38. The van der Waals surface area contributed by atoms with E-state index < -0.39 is 0 Å². The minimum Gasteiger partial charge on any atom is -0.370 e. The fourth-order valence-electron chi connectivity index (χ4n) is 3.20. The Hall–Kier alpha value is -1.02. The number of piperidine rings is 1. The summed E-state index contributed by atoms with van der Waals surface area (Å²) in [7, 11) is 2.08. The van der Waals surface area contributed by atoms with Gasteiger partial charge in [0.05, 0.1) is 0 Å². The SMILES string of the molecule is CNC1CCCN(c2ccc3c(c2)CCC3)C1. The van der Waals surface area contributed by atoms with Gasteiger partial charge in [0.2, 0.25) is 0 Å². The molecule has 0 bridgehead atoms. The van der Waals surface area contributed by atoms with E-state index in [1.807, 2.05) is 0 Å². The van der Waals surface area contributed by atoms with Gasteiger partial charge in [-0.2, -0.15) is 0 Å². The Labute approximate surface area is 104 Å². The zero-order chi connectivity index (χ0) is 11.7. The third kappa shape index (κ3) is 2.19. The van der Waals surface area contributed by atoms with Crippen LogP contribution in [0.5, 0.6) is 0 Å². The van der Waals surface area contributed by atoms with E-state index in [4.69, 9.17) is 0 Å². The first kappa shape index (κ1) is 11.1. The number of hydrogen-bond donors (Lipinski definition) is 1. The lowest BCUT2D eigenvalue weighted by atomic mass is 10.0. The van der Waals surface area contributed by atoms with Gasteiger partial charge in [-0.1, -0.05) is 6.07 Å². The Morgan fingerprint density at radius 1 is 1.18 bits per heavy atom. The van der Waals surface area contributed by atoms with Crippen LogP contribution >= 0.6 is 0 Å². The number of aryl methyl sites for hydroxylation is 2. The Morgan fingerprint density at radius 2 is 2.06 bits per heavy atom. The van der Waals surface area contributed by atoms with Gasteiger partial charge < -0.3 is 10.2 Å². The minimum absolute atomic E-state index is 0.664. The second kappa shape index (κ2) is 4.69. The van der Waals surface area contributed by atoms with E-state index in [9.17, 15) is 0 Å². The van der Waals surface area contributed by atoms with Gasteiger partial charge in [-0.25, -0.2) is 0 Å². The molecule has 3 rings (SSSR count). The van der Waals surface area contributed by atoms with E-state index in [1.165, 1.54) is 44.3 Å². The first-order chi connectivity index (χ1) is 8.36. The first-order valence-corrected chi connectivity index (χ1v) is 6.91. The average Bonchev–Trinajstić information content (AvgIpc) is 2.86. The summed E-state index contributed by atoms with van der Waals surface area (Å²) in [6, 6.07) is 7.76. The highest BCUT2D eigenvalue weighted by Gasteiger charge is 2.20. The summed E-state index contributed by atoms with van der Waals surface area (Å²) in [5.41, 5.74) is 4.61. The number of nitrogens with zero attached hydrogens (tertiary/aromatic N) is 1. The number of hydrogen-bond acceptors (Lipinski definition) is 2. The third-order valence-electron chi connectivity index (χ3n) is 4.28. The number of rotatable bonds is 2. The van der Waals surface area contributed by atoms with Gasteiger partial charge in [0.1, 0.15) is 0 Å². The van der Waals surface area contributed by atoms with Crippen LogP contribution in [0.15, 0.2) is 18.2 Å². The molecule has 1 heterocycles. The van der Waals surface area contributed by atoms with Crippen molar-refractivity contribution in [3.63, 3.8) is 0 Å². The number of fused-ring (bicyclic) bond motifs is 1. The molecule has 0 saturated carbocycles. The van der Waals surface area contributed by atoms with E-state index in [0.29, 0.717) is 6.04 Å². The fourth-order valence-corrected chi connectivity index (χ4v) is 3.20. The maximum atomic E-state index is 3.41. The predicted molar refractivity (Wildman–Crippen MR) is 72.8 cm³/mol. The van der Waals surface area contributed by atoms with Crippen molar-refractivity contribution in [2.75, 3.05) is 25.0 Å². The summed E-state index contributed by atoms with van der Waals surface area (Å²) in [6.07, 6.45) is 6.54. The normalized spacial score (nSPS) is 23.8.